The van der Waals surface area contributed by atoms with Crippen LogP contribution in [0.25, 0.3) is 10.9 Å². The van der Waals surface area contributed by atoms with Crippen molar-refractivity contribution in [1.82, 2.24) is 4.98 Å². The van der Waals surface area contributed by atoms with Gasteiger partial charge in [-0.25, -0.2) is 4.79 Å². The number of carbonyl (C=O) groups is 2. The van der Waals surface area contributed by atoms with Gasteiger partial charge >= 0.3 is 11.9 Å². The van der Waals surface area contributed by atoms with Crippen LogP contribution >= 0.6 is 0 Å². The Morgan fingerprint density at radius 2 is 1.79 bits per heavy atom. The number of aromatic amines is 1. The zero-order valence-electron chi connectivity index (χ0n) is 23.5. The SMILES string of the molecule is Cc1cc(COc2ccc3[nH]c4c(c3c2)CC[C@@H]4CC(=O)OC2O[C@H](C(=O)O)[C@@H](O)[C@H](O)[C@H]2O)ccc1C1CCCC1. The monoisotopic (exact) mass is 579 g/mol. The lowest BCUT2D eigenvalue weighted by molar-refractivity contribution is -0.286. The number of esters is 1. The van der Waals surface area contributed by atoms with Crippen LogP contribution in [0, 0.1) is 6.92 Å². The number of aliphatic carboxylic acids is 1. The summed E-state index contributed by atoms with van der Waals surface area (Å²) in [6.07, 6.45) is -2.37. The zero-order chi connectivity index (χ0) is 29.5. The van der Waals surface area contributed by atoms with Gasteiger partial charge in [-0.1, -0.05) is 31.0 Å². The molecule has 3 aliphatic rings. The Morgan fingerprint density at radius 3 is 2.52 bits per heavy atom. The Balaban J connectivity index is 1.09. The number of benzene rings is 2. The number of carboxylic acid groups (broad SMARTS) is 1. The summed E-state index contributed by atoms with van der Waals surface area (Å²) in [5.41, 5.74) is 6.91. The number of hydrogen-bond donors (Lipinski definition) is 5. The molecule has 3 aromatic rings. The fourth-order valence-electron chi connectivity index (χ4n) is 6.84. The first-order chi connectivity index (χ1) is 20.2. The van der Waals surface area contributed by atoms with Gasteiger partial charge in [-0.3, -0.25) is 4.79 Å². The molecule has 10 nitrogen and oxygen atoms in total. The van der Waals surface area contributed by atoms with Crippen LogP contribution in [0.1, 0.15) is 78.3 Å². The standard InChI is InChI=1S/C32H37NO9/c1-16-12-17(6-9-21(16)18-4-2-3-5-18)15-40-20-8-11-24-23(14-20)22-10-7-19(26(22)33-24)13-25(34)41-32-29(37)27(35)28(36)30(42-32)31(38)39/h6,8-9,11-12,14,18-19,27-30,32-33,35-37H,2-5,7,10,13,15H2,1H3,(H,38,39)/t19-,27+,28+,29-,30+,32?/m1/s1. The summed E-state index contributed by atoms with van der Waals surface area (Å²) in [5.74, 6) is -0.966. The van der Waals surface area contributed by atoms with Crippen molar-refractivity contribution < 1.29 is 44.2 Å². The highest BCUT2D eigenvalue weighted by atomic mass is 16.7. The molecule has 1 unspecified atom stereocenters. The molecule has 1 aliphatic heterocycles. The minimum absolute atomic E-state index is 0.0254. The van der Waals surface area contributed by atoms with Crippen molar-refractivity contribution in [2.75, 3.05) is 0 Å². The second kappa shape index (κ2) is 11.7. The average Bonchev–Trinajstić information content (AvgIpc) is 3.71. The van der Waals surface area contributed by atoms with Crippen molar-refractivity contribution in [1.29, 1.82) is 0 Å². The highest BCUT2D eigenvalue weighted by Crippen LogP contribution is 2.41. The molecule has 6 atom stereocenters. The third-order valence-electron chi connectivity index (χ3n) is 9.07. The van der Waals surface area contributed by atoms with Crippen LogP contribution in [0.4, 0.5) is 0 Å². The number of hydrogen-bond acceptors (Lipinski definition) is 8. The van der Waals surface area contributed by atoms with Crippen LogP contribution in [-0.2, 0) is 32.1 Å². The minimum Gasteiger partial charge on any atom is -0.489 e. The quantitative estimate of drug-likeness (QED) is 0.252. The van der Waals surface area contributed by atoms with E-state index in [2.05, 4.69) is 30.1 Å². The predicted octanol–water partition coefficient (Wildman–Crippen LogP) is 3.57. The van der Waals surface area contributed by atoms with Crippen LogP contribution in [-0.4, -0.2) is 68.1 Å². The predicted molar refractivity (Wildman–Crippen MR) is 151 cm³/mol. The number of H-pyrrole nitrogens is 1. The van der Waals surface area contributed by atoms with E-state index in [1.807, 2.05) is 18.2 Å². The number of carbonyl (C=O) groups excluding carboxylic acids is 1. The van der Waals surface area contributed by atoms with Crippen molar-refractivity contribution in [2.45, 2.75) is 101 Å². The van der Waals surface area contributed by atoms with E-state index in [0.717, 1.165) is 39.9 Å². The molecule has 5 N–H and O–H groups in total. The normalized spacial score (nSPS) is 27.7. The molecular formula is C32H37NO9. The maximum Gasteiger partial charge on any atom is 0.335 e. The first-order valence-electron chi connectivity index (χ1n) is 14.7. The van der Waals surface area contributed by atoms with Gasteiger partial charge in [0.1, 0.15) is 30.7 Å². The van der Waals surface area contributed by atoms with E-state index < -0.39 is 42.6 Å². The molecule has 0 spiro atoms. The molecule has 224 valence electrons. The van der Waals surface area contributed by atoms with E-state index >= 15 is 0 Å². The van der Waals surface area contributed by atoms with Gasteiger partial charge in [0.15, 0.2) is 6.10 Å². The maximum atomic E-state index is 12.8. The molecule has 6 rings (SSSR count). The van der Waals surface area contributed by atoms with Crippen molar-refractivity contribution in [2.24, 2.45) is 0 Å². The molecule has 2 fully saturated rings. The van der Waals surface area contributed by atoms with Crippen molar-refractivity contribution >= 4 is 22.8 Å². The van der Waals surface area contributed by atoms with Crippen molar-refractivity contribution in [3.8, 4) is 5.75 Å². The maximum absolute atomic E-state index is 12.8. The van der Waals surface area contributed by atoms with Crippen LogP contribution in [0.5, 0.6) is 5.75 Å². The van der Waals surface area contributed by atoms with E-state index in [1.54, 1.807) is 0 Å². The Labute approximate surface area is 243 Å². The largest absolute Gasteiger partial charge is 0.489 e. The molecule has 1 saturated carbocycles. The Bertz CT molecular complexity index is 1480. The van der Waals surface area contributed by atoms with Gasteiger partial charge in [0.2, 0.25) is 6.29 Å². The number of rotatable bonds is 8. The average molecular weight is 580 g/mol. The summed E-state index contributed by atoms with van der Waals surface area (Å²) >= 11 is 0. The fourth-order valence-corrected chi connectivity index (χ4v) is 6.84. The van der Waals surface area contributed by atoms with Crippen LogP contribution in [0.2, 0.25) is 0 Å². The Morgan fingerprint density at radius 1 is 1.00 bits per heavy atom. The van der Waals surface area contributed by atoms with Crippen molar-refractivity contribution in [3.63, 3.8) is 0 Å². The topological polar surface area (TPSA) is 159 Å². The van der Waals surface area contributed by atoms with Gasteiger partial charge in [-0.2, -0.15) is 0 Å². The minimum atomic E-state index is -1.85. The molecular weight excluding hydrogens is 542 g/mol. The Hall–Kier alpha value is -3.44. The first-order valence-corrected chi connectivity index (χ1v) is 14.7. The number of fused-ring (bicyclic) bond motifs is 3. The number of aromatic nitrogens is 1. The summed E-state index contributed by atoms with van der Waals surface area (Å²) in [6.45, 7) is 2.66. The molecule has 2 aromatic carbocycles. The molecule has 0 amide bonds. The highest BCUT2D eigenvalue weighted by molar-refractivity contribution is 5.87. The van der Waals surface area contributed by atoms with E-state index in [1.165, 1.54) is 36.8 Å². The van der Waals surface area contributed by atoms with E-state index in [-0.39, 0.29) is 12.3 Å². The van der Waals surface area contributed by atoms with Gasteiger partial charge in [-0.05, 0) is 79.0 Å². The molecule has 2 heterocycles. The van der Waals surface area contributed by atoms with Crippen LogP contribution < -0.4 is 4.74 Å². The first kappa shape index (κ1) is 28.7. The van der Waals surface area contributed by atoms with E-state index in [4.69, 9.17) is 14.2 Å². The van der Waals surface area contributed by atoms with Gasteiger partial charge in [-0.15, -0.1) is 0 Å². The fraction of sp³-hybridized carbons (Fsp3) is 0.500. The number of carboxylic acids is 1. The second-order valence-electron chi connectivity index (χ2n) is 11.9. The summed E-state index contributed by atoms with van der Waals surface area (Å²) in [6, 6.07) is 12.6. The van der Waals surface area contributed by atoms with Gasteiger partial charge in [0.05, 0.1) is 6.42 Å². The molecule has 0 radical (unpaired) electrons. The molecule has 2 aliphatic carbocycles. The molecule has 0 bridgehead atoms. The molecule has 1 aromatic heterocycles. The smallest absolute Gasteiger partial charge is 0.335 e. The lowest BCUT2D eigenvalue weighted by Crippen LogP contribution is -2.60. The lowest BCUT2D eigenvalue weighted by atomic mass is 9.92. The summed E-state index contributed by atoms with van der Waals surface area (Å²) in [5, 5.41) is 40.2. The number of nitrogens with one attached hydrogen (secondary N) is 1. The lowest BCUT2D eigenvalue weighted by Gasteiger charge is -2.38. The van der Waals surface area contributed by atoms with E-state index in [9.17, 15) is 30.0 Å². The summed E-state index contributed by atoms with van der Waals surface area (Å²) in [7, 11) is 0. The Kier molecular flexibility index (Phi) is 7.97. The van der Waals surface area contributed by atoms with Gasteiger partial charge in [0.25, 0.3) is 0 Å². The van der Waals surface area contributed by atoms with Gasteiger partial charge in [0, 0.05) is 22.5 Å². The van der Waals surface area contributed by atoms with Crippen LogP contribution in [0.3, 0.4) is 0 Å². The summed E-state index contributed by atoms with van der Waals surface area (Å²) < 4.78 is 16.5. The highest BCUT2D eigenvalue weighted by Gasteiger charge is 2.48. The number of aliphatic hydroxyl groups excluding tert-OH is 3. The number of aliphatic hydroxyl groups is 3. The number of ether oxygens (including phenoxy) is 3. The van der Waals surface area contributed by atoms with Gasteiger partial charge < -0.3 is 39.6 Å². The van der Waals surface area contributed by atoms with Crippen LogP contribution in [0.15, 0.2) is 36.4 Å². The van der Waals surface area contributed by atoms with E-state index in [0.29, 0.717) is 18.9 Å². The van der Waals surface area contributed by atoms with Crippen molar-refractivity contribution in [3.05, 3.63) is 64.3 Å². The summed E-state index contributed by atoms with van der Waals surface area (Å²) in [4.78, 5) is 27.5. The molecule has 42 heavy (non-hydrogen) atoms. The number of aryl methyl sites for hydroxylation is 2. The zero-order valence-corrected chi connectivity index (χ0v) is 23.5. The molecule has 1 saturated heterocycles. The molecule has 10 heteroatoms. The second-order valence-corrected chi connectivity index (χ2v) is 11.9. The third kappa shape index (κ3) is 5.51. The third-order valence-corrected chi connectivity index (χ3v) is 9.07.